The van der Waals surface area contributed by atoms with E-state index in [2.05, 4.69) is 10.2 Å². The average Bonchev–Trinajstić information content (AvgIpc) is 3.02. The second kappa shape index (κ2) is 6.96. The van der Waals surface area contributed by atoms with Crippen molar-refractivity contribution in [3.63, 3.8) is 0 Å². The third-order valence-electron chi connectivity index (χ3n) is 2.87. The van der Waals surface area contributed by atoms with Crippen molar-refractivity contribution >= 4 is 5.97 Å². The van der Waals surface area contributed by atoms with Gasteiger partial charge in [0.1, 0.15) is 24.5 Å². The summed E-state index contributed by atoms with van der Waals surface area (Å²) in [5.41, 5.74) is 0.946. The number of benzene rings is 1. The van der Waals surface area contributed by atoms with Gasteiger partial charge < -0.3 is 14.9 Å². The fourth-order valence-electron chi connectivity index (χ4n) is 1.66. The van der Waals surface area contributed by atoms with Gasteiger partial charge in [0.15, 0.2) is 0 Å². The molecule has 1 aromatic carbocycles. The van der Waals surface area contributed by atoms with Gasteiger partial charge in [-0.1, -0.05) is 25.1 Å². The maximum Gasteiger partial charge on any atom is 0.305 e. The number of esters is 1. The molecule has 0 saturated carbocycles. The Morgan fingerprint density at radius 1 is 1.33 bits per heavy atom. The number of hydrogen-bond donors (Lipinski definition) is 2. The SMILES string of the molecule is CCC(=O)OC[C@@H](O)[C@H](O)c1cnn(-c2ccccc2)n1. The van der Waals surface area contributed by atoms with E-state index in [0.29, 0.717) is 0 Å². The van der Waals surface area contributed by atoms with Crippen LogP contribution in [0.25, 0.3) is 5.69 Å². The van der Waals surface area contributed by atoms with E-state index in [0.717, 1.165) is 5.69 Å². The Balaban J connectivity index is 2.01. The van der Waals surface area contributed by atoms with E-state index >= 15 is 0 Å². The zero-order chi connectivity index (χ0) is 15.2. The fraction of sp³-hybridized carbons (Fsp3) is 0.357. The Morgan fingerprint density at radius 2 is 2.05 bits per heavy atom. The van der Waals surface area contributed by atoms with Crippen molar-refractivity contribution in [3.8, 4) is 5.69 Å². The van der Waals surface area contributed by atoms with Gasteiger partial charge in [0, 0.05) is 6.42 Å². The van der Waals surface area contributed by atoms with Crippen LogP contribution >= 0.6 is 0 Å². The van der Waals surface area contributed by atoms with Crippen LogP contribution < -0.4 is 0 Å². The molecule has 0 spiro atoms. The number of aliphatic hydroxyl groups is 2. The lowest BCUT2D eigenvalue weighted by atomic mass is 10.1. The molecule has 0 aliphatic rings. The lowest BCUT2D eigenvalue weighted by molar-refractivity contribution is -0.148. The standard InChI is InChI=1S/C14H17N3O4/c1-2-13(19)21-9-12(18)14(20)11-8-15-17(16-11)10-6-4-3-5-7-10/h3-8,12,14,18,20H,2,9H2,1H3/t12-,14-/m1/s1. The average molecular weight is 291 g/mol. The number of carbonyl (C=O) groups is 1. The first-order chi connectivity index (χ1) is 10.1. The van der Waals surface area contributed by atoms with Crippen LogP contribution in [0.2, 0.25) is 0 Å². The number of aromatic nitrogens is 3. The Kier molecular flexibility index (Phi) is 5.02. The van der Waals surface area contributed by atoms with Crippen LogP contribution in [0, 0.1) is 0 Å². The molecule has 112 valence electrons. The van der Waals surface area contributed by atoms with Gasteiger partial charge in [0.2, 0.25) is 0 Å². The molecular formula is C14H17N3O4. The number of nitrogens with zero attached hydrogens (tertiary/aromatic N) is 3. The molecule has 0 saturated heterocycles. The normalized spacial score (nSPS) is 13.7. The maximum atomic E-state index is 11.0. The lowest BCUT2D eigenvalue weighted by Gasteiger charge is -2.15. The summed E-state index contributed by atoms with van der Waals surface area (Å²) < 4.78 is 4.78. The minimum absolute atomic E-state index is 0.207. The van der Waals surface area contributed by atoms with Crippen molar-refractivity contribution in [1.82, 2.24) is 15.0 Å². The predicted molar refractivity (Wildman–Crippen MR) is 73.6 cm³/mol. The van der Waals surface area contributed by atoms with E-state index in [-0.39, 0.29) is 18.7 Å². The molecule has 7 heteroatoms. The van der Waals surface area contributed by atoms with Crippen LogP contribution in [0.3, 0.4) is 0 Å². The first-order valence-electron chi connectivity index (χ1n) is 6.61. The first-order valence-corrected chi connectivity index (χ1v) is 6.61. The summed E-state index contributed by atoms with van der Waals surface area (Å²) in [5, 5.41) is 27.9. The van der Waals surface area contributed by atoms with Crippen LogP contribution in [-0.4, -0.2) is 43.9 Å². The number of ether oxygens (including phenoxy) is 1. The summed E-state index contributed by atoms with van der Waals surface area (Å²) in [5.74, 6) is -0.436. The Labute approximate surface area is 121 Å². The highest BCUT2D eigenvalue weighted by molar-refractivity contribution is 5.68. The summed E-state index contributed by atoms with van der Waals surface area (Å²) in [6.07, 6.45) is -0.941. The fourth-order valence-corrected chi connectivity index (χ4v) is 1.66. The third-order valence-corrected chi connectivity index (χ3v) is 2.87. The van der Waals surface area contributed by atoms with Crippen molar-refractivity contribution in [1.29, 1.82) is 0 Å². The van der Waals surface area contributed by atoms with Gasteiger partial charge in [0.05, 0.1) is 11.9 Å². The van der Waals surface area contributed by atoms with Crippen LogP contribution in [-0.2, 0) is 9.53 Å². The molecule has 2 atom stereocenters. The highest BCUT2D eigenvalue weighted by Crippen LogP contribution is 2.15. The third kappa shape index (κ3) is 3.87. The Morgan fingerprint density at radius 3 is 2.71 bits per heavy atom. The first kappa shape index (κ1) is 15.1. The van der Waals surface area contributed by atoms with Crippen molar-refractivity contribution in [3.05, 3.63) is 42.2 Å². The summed E-state index contributed by atoms with van der Waals surface area (Å²) in [7, 11) is 0. The molecule has 0 amide bonds. The molecule has 21 heavy (non-hydrogen) atoms. The molecule has 2 N–H and O–H groups in total. The molecule has 7 nitrogen and oxygen atoms in total. The number of carbonyl (C=O) groups excluding carboxylic acids is 1. The Hall–Kier alpha value is -2.25. The van der Waals surface area contributed by atoms with Gasteiger partial charge in [-0.25, -0.2) is 0 Å². The van der Waals surface area contributed by atoms with Gasteiger partial charge >= 0.3 is 5.97 Å². The summed E-state index contributed by atoms with van der Waals surface area (Å²) in [6.45, 7) is 1.36. The number of para-hydroxylation sites is 1. The second-order valence-corrected chi connectivity index (χ2v) is 4.44. The predicted octanol–water partition coefficient (Wildman–Crippen LogP) is 0.615. The van der Waals surface area contributed by atoms with Gasteiger partial charge in [-0.2, -0.15) is 15.0 Å². The quantitative estimate of drug-likeness (QED) is 0.757. The van der Waals surface area contributed by atoms with Crippen molar-refractivity contribution in [2.24, 2.45) is 0 Å². The van der Waals surface area contributed by atoms with Crippen molar-refractivity contribution < 1.29 is 19.7 Å². The van der Waals surface area contributed by atoms with E-state index in [1.807, 2.05) is 30.3 Å². The molecule has 0 aliphatic heterocycles. The number of hydrogen-bond acceptors (Lipinski definition) is 6. The van der Waals surface area contributed by atoms with Crippen LogP contribution in [0.5, 0.6) is 0 Å². The monoisotopic (exact) mass is 291 g/mol. The topological polar surface area (TPSA) is 97.5 Å². The maximum absolute atomic E-state index is 11.0. The molecule has 1 heterocycles. The number of aliphatic hydroxyl groups excluding tert-OH is 2. The van der Waals surface area contributed by atoms with E-state index in [4.69, 9.17) is 4.74 Å². The van der Waals surface area contributed by atoms with Crippen LogP contribution in [0.1, 0.15) is 25.1 Å². The zero-order valence-electron chi connectivity index (χ0n) is 11.6. The van der Waals surface area contributed by atoms with Crippen LogP contribution in [0.15, 0.2) is 36.5 Å². The minimum atomic E-state index is -1.27. The highest BCUT2D eigenvalue weighted by Gasteiger charge is 2.23. The largest absolute Gasteiger partial charge is 0.463 e. The van der Waals surface area contributed by atoms with E-state index in [1.54, 1.807) is 6.92 Å². The molecule has 0 unspecified atom stereocenters. The van der Waals surface area contributed by atoms with Gasteiger partial charge in [-0.05, 0) is 12.1 Å². The van der Waals surface area contributed by atoms with Gasteiger partial charge in [-0.3, -0.25) is 4.79 Å². The van der Waals surface area contributed by atoms with Crippen LogP contribution in [0.4, 0.5) is 0 Å². The minimum Gasteiger partial charge on any atom is -0.463 e. The second-order valence-electron chi connectivity index (χ2n) is 4.44. The van der Waals surface area contributed by atoms with Crippen molar-refractivity contribution in [2.45, 2.75) is 25.6 Å². The number of rotatable bonds is 6. The molecule has 0 aliphatic carbocycles. The highest BCUT2D eigenvalue weighted by atomic mass is 16.5. The van der Waals surface area contributed by atoms with E-state index < -0.39 is 18.2 Å². The summed E-state index contributed by atoms with van der Waals surface area (Å²) in [6, 6.07) is 9.18. The van der Waals surface area contributed by atoms with E-state index in [9.17, 15) is 15.0 Å². The Bertz CT molecular complexity index is 585. The summed E-state index contributed by atoms with van der Waals surface area (Å²) in [4.78, 5) is 12.4. The smallest absolute Gasteiger partial charge is 0.305 e. The van der Waals surface area contributed by atoms with Gasteiger partial charge in [0.25, 0.3) is 0 Å². The van der Waals surface area contributed by atoms with Gasteiger partial charge in [-0.15, -0.1) is 0 Å². The van der Waals surface area contributed by atoms with E-state index in [1.165, 1.54) is 11.0 Å². The summed E-state index contributed by atoms with van der Waals surface area (Å²) >= 11 is 0. The molecule has 0 bridgehead atoms. The molecule has 1 aromatic heterocycles. The molecule has 0 radical (unpaired) electrons. The molecule has 0 fully saturated rings. The molecular weight excluding hydrogens is 274 g/mol. The lowest BCUT2D eigenvalue weighted by Crippen LogP contribution is -2.26. The molecule has 2 rings (SSSR count). The van der Waals surface area contributed by atoms with Crippen molar-refractivity contribution in [2.75, 3.05) is 6.61 Å². The zero-order valence-corrected chi connectivity index (χ0v) is 11.6. The molecule has 2 aromatic rings.